The van der Waals surface area contributed by atoms with Crippen LogP contribution in [0.15, 0.2) is 61.2 Å². The lowest BCUT2D eigenvalue weighted by Gasteiger charge is -2.11. The normalized spacial score (nSPS) is 12.2. The summed E-state index contributed by atoms with van der Waals surface area (Å²) in [6.07, 6.45) is 7.64. The zero-order valence-corrected chi connectivity index (χ0v) is 15.0. The van der Waals surface area contributed by atoms with Crippen LogP contribution in [0.5, 0.6) is 0 Å². The highest BCUT2D eigenvalue weighted by atomic mass is 16.2. The standard InChI is InChI=1S/C20H20N6O/c1-14(10-16-12-21-7-8-22-16)23-20(27)18-11-17(24-25-18)13-26-9-6-15-4-2-3-5-19(15)26/h2-9,11-12,14H,10,13H2,1H3,(H,23,27)(H,24,25). The highest BCUT2D eigenvalue weighted by molar-refractivity contribution is 5.92. The van der Waals surface area contributed by atoms with Gasteiger partial charge in [-0.1, -0.05) is 18.2 Å². The first-order valence-electron chi connectivity index (χ1n) is 8.83. The number of benzene rings is 1. The third-order valence-electron chi connectivity index (χ3n) is 4.39. The Morgan fingerprint density at radius 1 is 1.26 bits per heavy atom. The van der Waals surface area contributed by atoms with Crippen molar-refractivity contribution in [3.05, 3.63) is 78.3 Å². The summed E-state index contributed by atoms with van der Waals surface area (Å²) in [6.45, 7) is 2.56. The monoisotopic (exact) mass is 360 g/mol. The summed E-state index contributed by atoms with van der Waals surface area (Å²) in [5.41, 5.74) is 3.25. The van der Waals surface area contributed by atoms with Crippen molar-refractivity contribution in [2.45, 2.75) is 25.9 Å². The Bertz CT molecular complexity index is 1050. The maximum absolute atomic E-state index is 12.4. The van der Waals surface area contributed by atoms with E-state index in [1.165, 1.54) is 5.39 Å². The molecule has 1 amide bonds. The molecule has 0 aliphatic rings. The molecule has 3 heterocycles. The quantitative estimate of drug-likeness (QED) is 0.553. The topological polar surface area (TPSA) is 88.5 Å². The average Bonchev–Trinajstić information content (AvgIpc) is 3.30. The zero-order valence-electron chi connectivity index (χ0n) is 15.0. The number of carbonyl (C=O) groups excluding carboxylic acids is 1. The van der Waals surface area contributed by atoms with Crippen LogP contribution < -0.4 is 5.32 Å². The Morgan fingerprint density at radius 2 is 2.15 bits per heavy atom. The number of carbonyl (C=O) groups is 1. The van der Waals surface area contributed by atoms with Crippen molar-refractivity contribution in [3.63, 3.8) is 0 Å². The van der Waals surface area contributed by atoms with Gasteiger partial charge in [-0.25, -0.2) is 0 Å². The minimum atomic E-state index is -0.203. The molecule has 1 atom stereocenters. The van der Waals surface area contributed by atoms with Gasteiger partial charge in [0.15, 0.2) is 0 Å². The summed E-state index contributed by atoms with van der Waals surface area (Å²) in [5, 5.41) is 11.3. The molecular formula is C20H20N6O. The molecular weight excluding hydrogens is 340 g/mol. The van der Waals surface area contributed by atoms with Crippen molar-refractivity contribution >= 4 is 16.8 Å². The Balaban J connectivity index is 1.40. The van der Waals surface area contributed by atoms with Gasteiger partial charge in [0.2, 0.25) is 0 Å². The molecule has 1 aromatic carbocycles. The third kappa shape index (κ3) is 3.87. The summed E-state index contributed by atoms with van der Waals surface area (Å²) in [5.74, 6) is -0.203. The second kappa shape index (κ2) is 7.41. The van der Waals surface area contributed by atoms with Crippen LogP contribution in [0.2, 0.25) is 0 Å². The number of nitrogens with one attached hydrogen (secondary N) is 2. The SMILES string of the molecule is CC(Cc1cnccn1)NC(=O)c1cc(Cn2ccc3ccccc32)[nH]n1. The summed E-state index contributed by atoms with van der Waals surface area (Å²) in [7, 11) is 0. The zero-order chi connectivity index (χ0) is 18.6. The number of aromatic amines is 1. The van der Waals surface area contributed by atoms with E-state index in [4.69, 9.17) is 0 Å². The van der Waals surface area contributed by atoms with Gasteiger partial charge in [-0.05, 0) is 30.5 Å². The predicted molar refractivity (Wildman–Crippen MR) is 102 cm³/mol. The van der Waals surface area contributed by atoms with Crippen LogP contribution in [0.3, 0.4) is 0 Å². The van der Waals surface area contributed by atoms with Gasteiger partial charge >= 0.3 is 0 Å². The van der Waals surface area contributed by atoms with Gasteiger partial charge in [0.05, 0.1) is 17.9 Å². The lowest BCUT2D eigenvalue weighted by Crippen LogP contribution is -2.34. The van der Waals surface area contributed by atoms with Crippen LogP contribution in [0.4, 0.5) is 0 Å². The number of hydrogen-bond donors (Lipinski definition) is 2. The van der Waals surface area contributed by atoms with Crippen molar-refractivity contribution in [1.82, 2.24) is 30.0 Å². The Kier molecular flexibility index (Phi) is 4.65. The maximum Gasteiger partial charge on any atom is 0.271 e. The van der Waals surface area contributed by atoms with Gasteiger partial charge in [-0.2, -0.15) is 5.10 Å². The van der Waals surface area contributed by atoms with E-state index in [0.29, 0.717) is 18.7 Å². The first-order chi connectivity index (χ1) is 13.2. The van der Waals surface area contributed by atoms with Crippen LogP contribution in [0.1, 0.15) is 28.8 Å². The van der Waals surface area contributed by atoms with Crippen molar-refractivity contribution in [1.29, 1.82) is 0 Å². The number of H-pyrrole nitrogens is 1. The van der Waals surface area contributed by atoms with Crippen molar-refractivity contribution in [3.8, 4) is 0 Å². The van der Waals surface area contributed by atoms with E-state index in [-0.39, 0.29) is 11.9 Å². The first kappa shape index (κ1) is 17.0. The lowest BCUT2D eigenvalue weighted by atomic mass is 10.2. The van der Waals surface area contributed by atoms with E-state index in [1.54, 1.807) is 24.7 Å². The summed E-state index contributed by atoms with van der Waals surface area (Å²) in [6, 6.07) is 12.0. The van der Waals surface area contributed by atoms with Crippen LogP contribution >= 0.6 is 0 Å². The minimum absolute atomic E-state index is 0.0669. The van der Waals surface area contributed by atoms with E-state index in [2.05, 4.69) is 48.2 Å². The fraction of sp³-hybridized carbons (Fsp3) is 0.200. The molecule has 0 saturated carbocycles. The molecule has 27 heavy (non-hydrogen) atoms. The Hall–Kier alpha value is -3.48. The molecule has 0 fully saturated rings. The average molecular weight is 360 g/mol. The number of amides is 1. The number of aromatic nitrogens is 5. The molecule has 0 radical (unpaired) electrons. The van der Waals surface area contributed by atoms with Gasteiger partial charge in [-0.3, -0.25) is 19.9 Å². The first-order valence-corrected chi connectivity index (χ1v) is 8.83. The van der Waals surface area contributed by atoms with E-state index >= 15 is 0 Å². The van der Waals surface area contributed by atoms with E-state index in [9.17, 15) is 4.79 Å². The molecule has 7 heteroatoms. The number of hydrogen-bond acceptors (Lipinski definition) is 4. The Morgan fingerprint density at radius 3 is 3.00 bits per heavy atom. The fourth-order valence-corrected chi connectivity index (χ4v) is 3.12. The third-order valence-corrected chi connectivity index (χ3v) is 4.39. The molecule has 4 aromatic rings. The summed E-state index contributed by atoms with van der Waals surface area (Å²) >= 11 is 0. The largest absolute Gasteiger partial charge is 0.348 e. The van der Waals surface area contributed by atoms with E-state index in [0.717, 1.165) is 16.9 Å². The van der Waals surface area contributed by atoms with Gasteiger partial charge in [0.1, 0.15) is 5.69 Å². The predicted octanol–water partition coefficient (Wildman–Crippen LogP) is 2.56. The fourth-order valence-electron chi connectivity index (χ4n) is 3.12. The maximum atomic E-state index is 12.4. The van der Waals surface area contributed by atoms with Gasteiger partial charge in [0.25, 0.3) is 5.91 Å². The van der Waals surface area contributed by atoms with E-state index < -0.39 is 0 Å². The second-order valence-corrected chi connectivity index (χ2v) is 6.56. The van der Waals surface area contributed by atoms with E-state index in [1.807, 2.05) is 25.3 Å². The van der Waals surface area contributed by atoms with Gasteiger partial charge in [0, 0.05) is 42.8 Å². The van der Waals surface area contributed by atoms with Crippen LogP contribution in [-0.4, -0.2) is 36.7 Å². The van der Waals surface area contributed by atoms with Crippen LogP contribution in [0, 0.1) is 0 Å². The number of nitrogens with zero attached hydrogens (tertiary/aromatic N) is 4. The van der Waals surface area contributed by atoms with Crippen LogP contribution in [-0.2, 0) is 13.0 Å². The molecule has 0 bridgehead atoms. The molecule has 1 unspecified atom stereocenters. The minimum Gasteiger partial charge on any atom is -0.348 e. The van der Waals surface area contributed by atoms with Crippen molar-refractivity contribution in [2.24, 2.45) is 0 Å². The van der Waals surface area contributed by atoms with Gasteiger partial charge in [-0.15, -0.1) is 0 Å². The van der Waals surface area contributed by atoms with Gasteiger partial charge < -0.3 is 9.88 Å². The molecule has 0 aliphatic heterocycles. The molecule has 7 nitrogen and oxygen atoms in total. The molecule has 2 N–H and O–H groups in total. The number of fused-ring (bicyclic) bond motifs is 1. The highest BCUT2D eigenvalue weighted by Gasteiger charge is 2.14. The molecule has 0 saturated heterocycles. The molecule has 4 rings (SSSR count). The lowest BCUT2D eigenvalue weighted by molar-refractivity contribution is 0.0935. The highest BCUT2D eigenvalue weighted by Crippen LogP contribution is 2.16. The smallest absolute Gasteiger partial charge is 0.271 e. The molecule has 0 aliphatic carbocycles. The summed E-state index contributed by atoms with van der Waals surface area (Å²) in [4.78, 5) is 20.7. The van der Waals surface area contributed by atoms with Crippen LogP contribution in [0.25, 0.3) is 10.9 Å². The Labute approximate surface area is 156 Å². The summed E-state index contributed by atoms with van der Waals surface area (Å²) < 4.78 is 2.13. The molecule has 0 spiro atoms. The number of para-hydroxylation sites is 1. The van der Waals surface area contributed by atoms with Crippen molar-refractivity contribution < 1.29 is 4.79 Å². The second-order valence-electron chi connectivity index (χ2n) is 6.56. The number of rotatable bonds is 6. The molecule has 136 valence electrons. The van der Waals surface area contributed by atoms with Crippen molar-refractivity contribution in [2.75, 3.05) is 0 Å². The molecule has 3 aromatic heterocycles.